The minimum absolute atomic E-state index is 0.161. The molecular formula is C20H24Cl2N6. The predicted octanol–water partition coefficient (Wildman–Crippen LogP) is 4.07. The Morgan fingerprint density at radius 2 is 1.93 bits per heavy atom. The molecule has 0 atom stereocenters. The topological polar surface area (TPSA) is 66.6 Å². The van der Waals surface area contributed by atoms with Gasteiger partial charge in [0.05, 0.1) is 10.0 Å². The molecule has 28 heavy (non-hydrogen) atoms. The summed E-state index contributed by atoms with van der Waals surface area (Å²) < 4.78 is 1.94. The number of nitrogens with zero attached hydrogens (tertiary/aromatic N) is 4. The Hall–Kier alpha value is -2.31. The van der Waals surface area contributed by atoms with Gasteiger partial charge in [0.1, 0.15) is 6.54 Å². The first-order valence-electron chi connectivity index (χ1n) is 9.17. The molecule has 0 spiro atoms. The number of benzene rings is 1. The minimum atomic E-state index is -0.161. The third kappa shape index (κ3) is 4.75. The van der Waals surface area contributed by atoms with E-state index >= 15 is 0 Å². The average Bonchev–Trinajstić information content (AvgIpc) is 3.09. The van der Waals surface area contributed by atoms with Crippen LogP contribution >= 0.6 is 23.2 Å². The van der Waals surface area contributed by atoms with E-state index in [2.05, 4.69) is 39.7 Å². The van der Waals surface area contributed by atoms with Crippen molar-refractivity contribution >= 4 is 34.8 Å². The number of aliphatic imine (C=N–C) groups is 1. The summed E-state index contributed by atoms with van der Waals surface area (Å²) in [7, 11) is 0. The van der Waals surface area contributed by atoms with Crippen molar-refractivity contribution in [3.05, 3.63) is 64.0 Å². The number of rotatable bonds is 6. The number of hydrogen-bond donors (Lipinski definition) is 2. The van der Waals surface area contributed by atoms with Crippen LogP contribution in [0.25, 0.3) is 5.65 Å². The Balaban J connectivity index is 1.71. The van der Waals surface area contributed by atoms with Crippen molar-refractivity contribution in [3.8, 4) is 0 Å². The van der Waals surface area contributed by atoms with E-state index in [0.717, 1.165) is 29.5 Å². The smallest absolute Gasteiger partial charge is 0.191 e. The fraction of sp³-hybridized carbons (Fsp3) is 0.350. The van der Waals surface area contributed by atoms with Crippen LogP contribution in [0, 0.1) is 0 Å². The second kappa shape index (κ2) is 8.80. The second-order valence-electron chi connectivity index (χ2n) is 7.11. The molecule has 3 aromatic rings. The minimum Gasteiger partial charge on any atom is -0.357 e. The molecule has 2 heterocycles. The maximum absolute atomic E-state index is 6.18. The molecule has 0 aliphatic rings. The molecule has 1 aromatic carbocycles. The molecule has 0 unspecified atom stereocenters. The largest absolute Gasteiger partial charge is 0.357 e. The van der Waals surface area contributed by atoms with Crippen LogP contribution in [0.15, 0.2) is 47.6 Å². The van der Waals surface area contributed by atoms with Gasteiger partial charge >= 0.3 is 0 Å². The molecule has 0 amide bonds. The molecule has 8 heteroatoms. The van der Waals surface area contributed by atoms with Crippen molar-refractivity contribution in [1.82, 2.24) is 25.2 Å². The van der Waals surface area contributed by atoms with E-state index in [1.165, 1.54) is 0 Å². The molecule has 0 radical (unpaired) electrons. The van der Waals surface area contributed by atoms with Crippen molar-refractivity contribution in [2.24, 2.45) is 4.99 Å². The van der Waals surface area contributed by atoms with Crippen LogP contribution in [0.5, 0.6) is 0 Å². The van der Waals surface area contributed by atoms with Gasteiger partial charge in [-0.25, -0.2) is 4.99 Å². The number of nitrogens with one attached hydrogen (secondary N) is 2. The maximum atomic E-state index is 6.18. The summed E-state index contributed by atoms with van der Waals surface area (Å²) in [5.74, 6) is 1.51. The lowest BCUT2D eigenvalue weighted by Gasteiger charge is -2.27. The van der Waals surface area contributed by atoms with E-state index in [1.807, 2.05) is 53.9 Å². The first-order valence-corrected chi connectivity index (χ1v) is 9.92. The Morgan fingerprint density at radius 3 is 2.68 bits per heavy atom. The summed E-state index contributed by atoms with van der Waals surface area (Å²) in [6.07, 6.45) is 1.94. The van der Waals surface area contributed by atoms with E-state index in [1.54, 1.807) is 0 Å². The highest BCUT2D eigenvalue weighted by Crippen LogP contribution is 2.29. The highest BCUT2D eigenvalue weighted by Gasteiger charge is 2.22. The SMILES string of the molecule is CCNC(=NCc1nnc2ccccn12)NCC(C)(C)c1ccc(Cl)c(Cl)c1. The summed E-state index contributed by atoms with van der Waals surface area (Å²) in [6, 6.07) is 11.6. The Bertz CT molecular complexity index is 980. The quantitative estimate of drug-likeness (QED) is 0.467. The van der Waals surface area contributed by atoms with E-state index < -0.39 is 0 Å². The second-order valence-corrected chi connectivity index (χ2v) is 7.92. The lowest BCUT2D eigenvalue weighted by atomic mass is 9.84. The molecule has 0 aliphatic carbocycles. The van der Waals surface area contributed by atoms with E-state index in [-0.39, 0.29) is 5.41 Å². The molecule has 0 saturated heterocycles. The summed E-state index contributed by atoms with van der Waals surface area (Å²) in [5.41, 5.74) is 1.76. The van der Waals surface area contributed by atoms with Crippen LogP contribution in [-0.4, -0.2) is 33.6 Å². The Morgan fingerprint density at radius 1 is 1.11 bits per heavy atom. The van der Waals surface area contributed by atoms with Gasteiger partial charge in [0.25, 0.3) is 0 Å². The summed E-state index contributed by atoms with van der Waals surface area (Å²) in [6.45, 7) is 8.20. The number of guanidine groups is 1. The molecule has 2 N–H and O–H groups in total. The van der Waals surface area contributed by atoms with Gasteiger partial charge in [0, 0.05) is 24.7 Å². The third-order valence-electron chi connectivity index (χ3n) is 4.51. The van der Waals surface area contributed by atoms with Crippen LogP contribution in [0.1, 0.15) is 32.2 Å². The lowest BCUT2D eigenvalue weighted by molar-refractivity contribution is 0.508. The normalized spacial score (nSPS) is 12.4. The highest BCUT2D eigenvalue weighted by molar-refractivity contribution is 6.42. The Labute approximate surface area is 175 Å². The maximum Gasteiger partial charge on any atom is 0.191 e. The molecular weight excluding hydrogens is 395 g/mol. The molecule has 0 saturated carbocycles. The van der Waals surface area contributed by atoms with Crippen molar-refractivity contribution in [2.75, 3.05) is 13.1 Å². The van der Waals surface area contributed by atoms with Gasteiger partial charge in [0.2, 0.25) is 0 Å². The monoisotopic (exact) mass is 418 g/mol. The molecule has 148 valence electrons. The van der Waals surface area contributed by atoms with Gasteiger partial charge in [-0.3, -0.25) is 4.40 Å². The fourth-order valence-electron chi connectivity index (χ4n) is 2.81. The average molecular weight is 419 g/mol. The zero-order valence-electron chi connectivity index (χ0n) is 16.2. The van der Waals surface area contributed by atoms with Gasteiger partial charge in [-0.05, 0) is 36.8 Å². The van der Waals surface area contributed by atoms with E-state index in [4.69, 9.17) is 23.2 Å². The predicted molar refractivity (Wildman–Crippen MR) is 115 cm³/mol. The molecule has 0 fully saturated rings. The number of fused-ring (bicyclic) bond motifs is 1. The van der Waals surface area contributed by atoms with Crippen molar-refractivity contribution in [1.29, 1.82) is 0 Å². The molecule has 0 bridgehead atoms. The van der Waals surface area contributed by atoms with Crippen LogP contribution in [0.3, 0.4) is 0 Å². The molecule has 2 aromatic heterocycles. The first-order chi connectivity index (χ1) is 13.4. The van der Waals surface area contributed by atoms with Crippen LogP contribution in [-0.2, 0) is 12.0 Å². The van der Waals surface area contributed by atoms with Gasteiger partial charge in [-0.15, -0.1) is 10.2 Å². The van der Waals surface area contributed by atoms with Crippen LogP contribution in [0.2, 0.25) is 10.0 Å². The van der Waals surface area contributed by atoms with Crippen molar-refractivity contribution in [2.45, 2.75) is 32.7 Å². The van der Waals surface area contributed by atoms with Crippen molar-refractivity contribution in [3.63, 3.8) is 0 Å². The standard InChI is InChI=1S/C20H24Cl2N6/c1-4-23-19(24-12-18-27-26-17-7-5-6-10-28(17)18)25-13-20(2,3)14-8-9-15(21)16(22)11-14/h5-11H,4,12-13H2,1-3H3,(H2,23,24,25). The van der Waals surface area contributed by atoms with E-state index in [0.29, 0.717) is 23.1 Å². The summed E-state index contributed by atoms with van der Waals surface area (Å²) >= 11 is 12.2. The molecule has 6 nitrogen and oxygen atoms in total. The number of pyridine rings is 1. The summed E-state index contributed by atoms with van der Waals surface area (Å²) in [4.78, 5) is 4.66. The number of hydrogen-bond acceptors (Lipinski definition) is 3. The van der Waals surface area contributed by atoms with Crippen molar-refractivity contribution < 1.29 is 0 Å². The lowest BCUT2D eigenvalue weighted by Crippen LogP contribution is -2.43. The Kier molecular flexibility index (Phi) is 6.42. The highest BCUT2D eigenvalue weighted by atomic mass is 35.5. The fourth-order valence-corrected chi connectivity index (χ4v) is 3.11. The van der Waals surface area contributed by atoms with Crippen LogP contribution in [0.4, 0.5) is 0 Å². The van der Waals surface area contributed by atoms with Gasteiger partial charge < -0.3 is 10.6 Å². The molecule has 3 rings (SSSR count). The zero-order chi connectivity index (χ0) is 20.1. The van der Waals surface area contributed by atoms with Gasteiger partial charge in [0.15, 0.2) is 17.4 Å². The zero-order valence-corrected chi connectivity index (χ0v) is 17.7. The van der Waals surface area contributed by atoms with Crippen LogP contribution < -0.4 is 10.6 Å². The summed E-state index contributed by atoms with van der Waals surface area (Å²) in [5, 5.41) is 16.2. The van der Waals surface area contributed by atoms with E-state index in [9.17, 15) is 0 Å². The molecule has 0 aliphatic heterocycles. The third-order valence-corrected chi connectivity index (χ3v) is 5.25. The first kappa shape index (κ1) is 20.4. The number of aromatic nitrogens is 3. The van der Waals surface area contributed by atoms with Gasteiger partial charge in [-0.1, -0.05) is 49.2 Å². The number of halogens is 2. The van der Waals surface area contributed by atoms with Gasteiger partial charge in [-0.2, -0.15) is 0 Å².